The van der Waals surface area contributed by atoms with Crippen LogP contribution in [0.25, 0.3) is 10.8 Å². The standard InChI is InChI=1S/C19H15N5O3S/c1-13-16(28-18(23-13)17-21-9-5-10-22-17)19(26)27-12-15(25)24(11-8-20)14-6-3-2-4-7-14/h2-7,9-10H,11-12H2,1H3. The molecule has 1 amide bonds. The number of para-hydroxylation sites is 1. The Labute approximate surface area is 165 Å². The van der Waals surface area contributed by atoms with Gasteiger partial charge < -0.3 is 4.74 Å². The van der Waals surface area contributed by atoms with Gasteiger partial charge in [-0.05, 0) is 25.1 Å². The molecular weight excluding hydrogens is 378 g/mol. The summed E-state index contributed by atoms with van der Waals surface area (Å²) in [6.45, 7) is 1.05. The SMILES string of the molecule is Cc1nc(-c2ncccn2)sc1C(=O)OCC(=O)N(CC#N)c1ccccc1. The average Bonchev–Trinajstić information content (AvgIpc) is 3.13. The Morgan fingerprint density at radius 1 is 1.18 bits per heavy atom. The lowest BCUT2D eigenvalue weighted by Crippen LogP contribution is -2.35. The van der Waals surface area contributed by atoms with Crippen LogP contribution in [-0.2, 0) is 9.53 Å². The predicted molar refractivity (Wildman–Crippen MR) is 103 cm³/mol. The highest BCUT2D eigenvalue weighted by Gasteiger charge is 2.22. The molecule has 0 radical (unpaired) electrons. The Bertz CT molecular complexity index is 1020. The number of rotatable bonds is 6. The summed E-state index contributed by atoms with van der Waals surface area (Å²) in [6.07, 6.45) is 3.17. The summed E-state index contributed by atoms with van der Waals surface area (Å²) < 4.78 is 5.16. The molecule has 0 aliphatic rings. The average molecular weight is 393 g/mol. The number of anilines is 1. The largest absolute Gasteiger partial charge is 0.451 e. The third kappa shape index (κ3) is 4.36. The number of carbonyl (C=O) groups excluding carboxylic acids is 2. The van der Waals surface area contributed by atoms with Gasteiger partial charge in [0.05, 0.1) is 11.8 Å². The maximum Gasteiger partial charge on any atom is 0.350 e. The van der Waals surface area contributed by atoms with Crippen molar-refractivity contribution in [2.45, 2.75) is 6.92 Å². The van der Waals surface area contributed by atoms with E-state index in [0.29, 0.717) is 22.2 Å². The van der Waals surface area contributed by atoms with Gasteiger partial charge in [-0.1, -0.05) is 18.2 Å². The number of hydrogen-bond acceptors (Lipinski definition) is 8. The second-order valence-electron chi connectivity index (χ2n) is 5.56. The van der Waals surface area contributed by atoms with Gasteiger partial charge in [-0.2, -0.15) is 5.26 Å². The number of aryl methyl sites for hydroxylation is 1. The van der Waals surface area contributed by atoms with E-state index >= 15 is 0 Å². The van der Waals surface area contributed by atoms with Gasteiger partial charge in [-0.15, -0.1) is 11.3 Å². The quantitative estimate of drug-likeness (QED) is 0.468. The number of hydrogen-bond donors (Lipinski definition) is 0. The molecule has 0 bridgehead atoms. The third-order valence-corrected chi connectivity index (χ3v) is 4.80. The fourth-order valence-corrected chi connectivity index (χ4v) is 3.27. The number of carbonyl (C=O) groups is 2. The van der Waals surface area contributed by atoms with Crippen LogP contribution in [0, 0.1) is 18.3 Å². The lowest BCUT2D eigenvalue weighted by molar-refractivity contribution is -0.121. The molecule has 0 aliphatic carbocycles. The molecule has 1 aromatic carbocycles. The Morgan fingerprint density at radius 2 is 1.89 bits per heavy atom. The molecule has 2 heterocycles. The van der Waals surface area contributed by atoms with Crippen molar-refractivity contribution in [2.75, 3.05) is 18.1 Å². The molecule has 0 unspecified atom stereocenters. The number of nitrogens with zero attached hydrogens (tertiary/aromatic N) is 5. The van der Waals surface area contributed by atoms with Crippen LogP contribution >= 0.6 is 11.3 Å². The molecule has 0 saturated heterocycles. The van der Waals surface area contributed by atoms with Gasteiger partial charge in [0.1, 0.15) is 11.4 Å². The van der Waals surface area contributed by atoms with Crippen molar-refractivity contribution >= 4 is 28.9 Å². The minimum atomic E-state index is -0.657. The van der Waals surface area contributed by atoms with Crippen LogP contribution in [-0.4, -0.2) is 40.0 Å². The number of esters is 1. The maximum absolute atomic E-state index is 12.4. The van der Waals surface area contributed by atoms with E-state index in [4.69, 9.17) is 10.00 Å². The molecule has 0 atom stereocenters. The van der Waals surface area contributed by atoms with Crippen molar-refractivity contribution < 1.29 is 14.3 Å². The van der Waals surface area contributed by atoms with Crippen LogP contribution < -0.4 is 4.90 Å². The minimum Gasteiger partial charge on any atom is -0.451 e. The Balaban J connectivity index is 1.69. The molecule has 140 valence electrons. The highest BCUT2D eigenvalue weighted by molar-refractivity contribution is 7.16. The van der Waals surface area contributed by atoms with Gasteiger partial charge in [-0.25, -0.2) is 19.7 Å². The van der Waals surface area contributed by atoms with E-state index < -0.39 is 18.5 Å². The Morgan fingerprint density at radius 3 is 2.57 bits per heavy atom. The maximum atomic E-state index is 12.4. The van der Waals surface area contributed by atoms with E-state index in [1.165, 1.54) is 4.90 Å². The Kier molecular flexibility index (Phi) is 6.04. The number of benzene rings is 1. The normalized spacial score (nSPS) is 10.1. The number of nitriles is 1. The first-order valence-corrected chi connectivity index (χ1v) is 9.06. The van der Waals surface area contributed by atoms with Crippen LogP contribution in [0.4, 0.5) is 5.69 Å². The zero-order chi connectivity index (χ0) is 19.9. The van der Waals surface area contributed by atoms with E-state index in [2.05, 4.69) is 15.0 Å². The van der Waals surface area contributed by atoms with Gasteiger partial charge in [0, 0.05) is 18.1 Å². The summed E-state index contributed by atoms with van der Waals surface area (Å²) in [5, 5.41) is 9.47. The van der Waals surface area contributed by atoms with Crippen LogP contribution in [0.2, 0.25) is 0 Å². The summed E-state index contributed by atoms with van der Waals surface area (Å²) in [5.74, 6) is -0.736. The molecule has 0 aliphatic heterocycles. The summed E-state index contributed by atoms with van der Waals surface area (Å²) in [4.78, 5) is 38.9. The lowest BCUT2D eigenvalue weighted by atomic mass is 10.3. The van der Waals surface area contributed by atoms with E-state index in [1.807, 2.05) is 6.07 Å². The smallest absolute Gasteiger partial charge is 0.350 e. The molecular formula is C19H15N5O3S. The fraction of sp³-hybridized carbons (Fsp3) is 0.158. The minimum absolute atomic E-state index is 0.143. The van der Waals surface area contributed by atoms with E-state index in [-0.39, 0.29) is 11.4 Å². The zero-order valence-corrected chi connectivity index (χ0v) is 15.7. The molecule has 9 heteroatoms. The predicted octanol–water partition coefficient (Wildman–Crippen LogP) is 2.62. The number of aromatic nitrogens is 3. The van der Waals surface area contributed by atoms with Crippen LogP contribution in [0.15, 0.2) is 48.8 Å². The molecule has 0 saturated carbocycles. The molecule has 2 aromatic heterocycles. The van der Waals surface area contributed by atoms with Crippen molar-refractivity contribution in [3.05, 3.63) is 59.4 Å². The van der Waals surface area contributed by atoms with Crippen molar-refractivity contribution in [1.82, 2.24) is 15.0 Å². The van der Waals surface area contributed by atoms with Crippen LogP contribution in [0.3, 0.4) is 0 Å². The highest BCUT2D eigenvalue weighted by Crippen LogP contribution is 2.25. The highest BCUT2D eigenvalue weighted by atomic mass is 32.1. The molecule has 3 aromatic rings. The first-order valence-electron chi connectivity index (χ1n) is 8.24. The Hall–Kier alpha value is -3.64. The molecule has 0 N–H and O–H groups in total. The summed E-state index contributed by atoms with van der Waals surface area (Å²) in [6, 6.07) is 12.4. The summed E-state index contributed by atoms with van der Waals surface area (Å²) in [5.41, 5.74) is 1.03. The zero-order valence-electron chi connectivity index (χ0n) is 14.9. The molecule has 3 rings (SSSR count). The number of ether oxygens (including phenoxy) is 1. The number of amides is 1. The second-order valence-corrected chi connectivity index (χ2v) is 6.55. The van der Waals surface area contributed by atoms with Crippen LogP contribution in [0.5, 0.6) is 0 Å². The first-order chi connectivity index (χ1) is 13.6. The van der Waals surface area contributed by atoms with Crippen molar-refractivity contribution in [2.24, 2.45) is 0 Å². The van der Waals surface area contributed by atoms with E-state index in [1.54, 1.807) is 55.7 Å². The molecule has 0 fully saturated rings. The van der Waals surface area contributed by atoms with Gasteiger partial charge in [0.25, 0.3) is 5.91 Å². The van der Waals surface area contributed by atoms with Crippen molar-refractivity contribution in [3.8, 4) is 16.9 Å². The topological polar surface area (TPSA) is 109 Å². The van der Waals surface area contributed by atoms with Crippen LogP contribution in [0.1, 0.15) is 15.4 Å². The number of thiazole rings is 1. The summed E-state index contributed by atoms with van der Waals surface area (Å²) in [7, 11) is 0. The van der Waals surface area contributed by atoms with Gasteiger partial charge >= 0.3 is 5.97 Å². The van der Waals surface area contributed by atoms with Gasteiger partial charge in [-0.3, -0.25) is 9.69 Å². The monoisotopic (exact) mass is 393 g/mol. The molecule has 28 heavy (non-hydrogen) atoms. The van der Waals surface area contributed by atoms with Gasteiger partial charge in [0.15, 0.2) is 17.4 Å². The molecule has 0 spiro atoms. The van der Waals surface area contributed by atoms with Crippen molar-refractivity contribution in [1.29, 1.82) is 5.26 Å². The molecule has 8 nitrogen and oxygen atoms in total. The first kappa shape index (κ1) is 19.1. The fourth-order valence-electron chi connectivity index (χ4n) is 2.36. The van der Waals surface area contributed by atoms with Crippen molar-refractivity contribution in [3.63, 3.8) is 0 Å². The van der Waals surface area contributed by atoms with E-state index in [0.717, 1.165) is 11.3 Å². The second kappa shape index (κ2) is 8.83. The summed E-state index contributed by atoms with van der Waals surface area (Å²) >= 11 is 1.10. The third-order valence-electron chi connectivity index (χ3n) is 3.66. The lowest BCUT2D eigenvalue weighted by Gasteiger charge is -2.19. The van der Waals surface area contributed by atoms with E-state index in [9.17, 15) is 9.59 Å². The van der Waals surface area contributed by atoms with Gasteiger partial charge in [0.2, 0.25) is 0 Å².